The van der Waals surface area contributed by atoms with Crippen molar-refractivity contribution in [2.75, 3.05) is 44.2 Å². The number of nitrogens with zero attached hydrogens (tertiary/aromatic N) is 4. The lowest BCUT2D eigenvalue weighted by Crippen LogP contribution is -2.48. The normalized spacial score (nSPS) is 22.7. The predicted octanol–water partition coefficient (Wildman–Crippen LogP) is 7.61. The number of aliphatic carboxylic acids is 1. The van der Waals surface area contributed by atoms with Crippen LogP contribution in [0.1, 0.15) is 85.9 Å². The predicted molar refractivity (Wildman–Crippen MR) is 185 cm³/mol. The highest BCUT2D eigenvalue weighted by atomic mass is 32.1. The van der Waals surface area contributed by atoms with Crippen LogP contribution in [-0.2, 0) is 11.2 Å². The van der Waals surface area contributed by atoms with Crippen molar-refractivity contribution in [1.29, 1.82) is 0 Å². The van der Waals surface area contributed by atoms with E-state index in [9.17, 15) is 14.3 Å². The molecule has 0 amide bonds. The maximum absolute atomic E-state index is 13.4. The summed E-state index contributed by atoms with van der Waals surface area (Å²) in [5, 5.41) is 11.5. The van der Waals surface area contributed by atoms with Gasteiger partial charge in [-0.3, -0.25) is 9.69 Å². The summed E-state index contributed by atoms with van der Waals surface area (Å²) < 4.78 is 13.4. The summed E-state index contributed by atoms with van der Waals surface area (Å²) in [6.45, 7) is 10.2. The third-order valence-corrected chi connectivity index (χ3v) is 11.9. The van der Waals surface area contributed by atoms with Gasteiger partial charge in [-0.25, -0.2) is 9.37 Å². The zero-order valence-corrected chi connectivity index (χ0v) is 28.4. The summed E-state index contributed by atoms with van der Waals surface area (Å²) in [6.07, 6.45) is 9.67. The number of carboxylic acid groups (broad SMARTS) is 1. The van der Waals surface area contributed by atoms with Crippen LogP contribution in [0, 0.1) is 24.6 Å². The molecule has 0 bridgehead atoms. The van der Waals surface area contributed by atoms with E-state index in [0.717, 1.165) is 107 Å². The first kappa shape index (κ1) is 33.1. The van der Waals surface area contributed by atoms with E-state index in [1.165, 1.54) is 29.0 Å². The van der Waals surface area contributed by atoms with E-state index in [4.69, 9.17) is 4.98 Å². The smallest absolute Gasteiger partial charge is 0.321 e. The van der Waals surface area contributed by atoms with E-state index in [1.54, 1.807) is 11.3 Å². The van der Waals surface area contributed by atoms with Gasteiger partial charge in [0.15, 0.2) is 5.13 Å². The Hall–Kier alpha value is -2.81. The lowest BCUT2D eigenvalue weighted by Gasteiger charge is -2.39. The highest BCUT2D eigenvalue weighted by Gasteiger charge is 2.43. The lowest BCUT2D eigenvalue weighted by molar-refractivity contribution is -0.145. The number of anilines is 1. The van der Waals surface area contributed by atoms with Crippen molar-refractivity contribution >= 4 is 22.4 Å². The van der Waals surface area contributed by atoms with Gasteiger partial charge in [0, 0.05) is 62.5 Å². The number of piperidine rings is 1. The Labute approximate surface area is 278 Å². The maximum Gasteiger partial charge on any atom is 0.321 e. The summed E-state index contributed by atoms with van der Waals surface area (Å²) in [5.41, 5.74) is 3.53. The molecule has 1 saturated carbocycles. The summed E-state index contributed by atoms with van der Waals surface area (Å²) in [6, 6.07) is 17.7. The van der Waals surface area contributed by atoms with Gasteiger partial charge in [0.25, 0.3) is 0 Å². The maximum atomic E-state index is 13.4. The van der Waals surface area contributed by atoms with Crippen LogP contribution in [0.3, 0.4) is 0 Å². The van der Waals surface area contributed by atoms with E-state index >= 15 is 0 Å². The molecule has 0 spiro atoms. The molecule has 1 aromatic heterocycles. The Morgan fingerprint density at radius 1 is 1.02 bits per heavy atom. The average molecular weight is 647 g/mol. The van der Waals surface area contributed by atoms with Crippen LogP contribution in [0.15, 0.2) is 54.6 Å². The van der Waals surface area contributed by atoms with Crippen molar-refractivity contribution in [3.8, 4) is 0 Å². The van der Waals surface area contributed by atoms with Gasteiger partial charge in [0.1, 0.15) is 11.9 Å². The van der Waals surface area contributed by atoms with Gasteiger partial charge in [0.2, 0.25) is 0 Å². The van der Waals surface area contributed by atoms with E-state index in [-0.39, 0.29) is 17.8 Å². The molecule has 8 heteroatoms. The number of likely N-dealkylation sites (tertiary alicyclic amines) is 2. The summed E-state index contributed by atoms with van der Waals surface area (Å²) in [5.74, 6) is 0.219. The quantitative estimate of drug-likeness (QED) is 0.219. The van der Waals surface area contributed by atoms with Crippen LogP contribution >= 0.6 is 11.3 Å². The molecule has 6 rings (SSSR count). The third kappa shape index (κ3) is 7.83. The minimum Gasteiger partial charge on any atom is -0.480 e. The molecule has 1 N–H and O–H groups in total. The van der Waals surface area contributed by atoms with E-state index in [2.05, 4.69) is 58.9 Å². The monoisotopic (exact) mass is 646 g/mol. The van der Waals surface area contributed by atoms with Crippen molar-refractivity contribution in [1.82, 2.24) is 14.8 Å². The second-order valence-electron chi connectivity index (χ2n) is 13.9. The van der Waals surface area contributed by atoms with Crippen LogP contribution in [0.25, 0.3) is 0 Å². The molecule has 3 aromatic rings. The Balaban J connectivity index is 1.11. The molecule has 3 fully saturated rings. The standard InChI is InChI=1S/C38H51FN4O2S/c1-3-20-43(38-40-35(27(2)46-38)23-28-14-16-32(39)17-15-28)33-18-21-41(22-19-33)24-31-25-42(26-34(31)29-10-6-4-7-11-29)36(37(44)45)30-12-8-5-9-13-30/h4,6-7,10-11,14-17,30-31,33-34,36H,3,5,8-9,12-13,18-26H2,1-2H3,(H,44,45). The number of benzene rings is 2. The lowest BCUT2D eigenvalue weighted by atomic mass is 9.83. The van der Waals surface area contributed by atoms with Gasteiger partial charge < -0.3 is 14.9 Å². The molecule has 2 aliphatic heterocycles. The third-order valence-electron chi connectivity index (χ3n) is 10.8. The molecular formula is C38H51FN4O2S. The average Bonchev–Trinajstić information content (AvgIpc) is 3.64. The second kappa shape index (κ2) is 15.4. The number of halogens is 1. The molecular weight excluding hydrogens is 596 g/mol. The number of hydrogen-bond acceptors (Lipinski definition) is 6. The van der Waals surface area contributed by atoms with Crippen molar-refractivity contribution < 1.29 is 14.3 Å². The number of carbonyl (C=O) groups is 1. The van der Waals surface area contributed by atoms with Crippen LogP contribution in [0.5, 0.6) is 0 Å². The molecule has 3 unspecified atom stereocenters. The number of hydrogen-bond donors (Lipinski definition) is 1. The second-order valence-corrected chi connectivity index (χ2v) is 15.1. The first-order valence-electron chi connectivity index (χ1n) is 17.6. The Morgan fingerprint density at radius 3 is 2.41 bits per heavy atom. The SMILES string of the molecule is CCCN(c1nc(Cc2ccc(F)cc2)c(C)s1)C1CCN(CC2CN(C(C(=O)O)C3CCCCC3)CC2c2ccccc2)CC1. The van der Waals surface area contributed by atoms with E-state index in [1.807, 2.05) is 12.1 Å². The fraction of sp³-hybridized carbons (Fsp3) is 0.579. The molecule has 1 aliphatic carbocycles. The van der Waals surface area contributed by atoms with Crippen molar-refractivity contribution in [3.05, 3.63) is 82.1 Å². The first-order chi connectivity index (χ1) is 22.4. The summed E-state index contributed by atoms with van der Waals surface area (Å²) in [4.78, 5) is 26.6. The molecule has 46 heavy (non-hydrogen) atoms. The number of aryl methyl sites for hydroxylation is 1. The van der Waals surface area contributed by atoms with Crippen molar-refractivity contribution in [2.45, 2.75) is 89.6 Å². The first-order valence-corrected chi connectivity index (χ1v) is 18.4. The number of rotatable bonds is 12. The summed E-state index contributed by atoms with van der Waals surface area (Å²) >= 11 is 1.79. The fourth-order valence-electron chi connectivity index (χ4n) is 8.42. The van der Waals surface area contributed by atoms with Gasteiger partial charge in [-0.05, 0) is 74.1 Å². The van der Waals surface area contributed by atoms with E-state index in [0.29, 0.717) is 17.9 Å². The number of thiazole rings is 1. The highest BCUT2D eigenvalue weighted by molar-refractivity contribution is 7.15. The Kier molecular flexibility index (Phi) is 11.1. The van der Waals surface area contributed by atoms with Crippen LogP contribution in [-0.4, -0.2) is 77.2 Å². The van der Waals surface area contributed by atoms with Crippen LogP contribution in [0.2, 0.25) is 0 Å². The largest absolute Gasteiger partial charge is 0.480 e. The molecule has 3 heterocycles. The van der Waals surface area contributed by atoms with Crippen LogP contribution < -0.4 is 4.90 Å². The van der Waals surface area contributed by atoms with Gasteiger partial charge in [-0.1, -0.05) is 68.7 Å². The molecule has 3 aliphatic rings. The molecule has 3 atom stereocenters. The molecule has 248 valence electrons. The number of aromatic nitrogens is 1. The van der Waals surface area contributed by atoms with Crippen molar-refractivity contribution in [2.24, 2.45) is 11.8 Å². The summed E-state index contributed by atoms with van der Waals surface area (Å²) in [7, 11) is 0. The molecule has 2 saturated heterocycles. The molecule has 0 radical (unpaired) electrons. The minimum absolute atomic E-state index is 0.204. The molecule has 6 nitrogen and oxygen atoms in total. The van der Waals surface area contributed by atoms with Gasteiger partial charge in [-0.15, -0.1) is 11.3 Å². The van der Waals surface area contributed by atoms with Gasteiger partial charge in [0.05, 0.1) is 5.69 Å². The van der Waals surface area contributed by atoms with E-state index < -0.39 is 5.97 Å². The Morgan fingerprint density at radius 2 is 1.74 bits per heavy atom. The Bertz CT molecular complexity index is 1400. The van der Waals surface area contributed by atoms with Crippen LogP contribution in [0.4, 0.5) is 9.52 Å². The minimum atomic E-state index is -0.630. The molecule has 2 aromatic carbocycles. The van der Waals surface area contributed by atoms with Gasteiger partial charge >= 0.3 is 5.97 Å². The zero-order chi connectivity index (χ0) is 32.0. The fourth-order valence-corrected chi connectivity index (χ4v) is 9.44. The number of carboxylic acids is 1. The zero-order valence-electron chi connectivity index (χ0n) is 27.6. The van der Waals surface area contributed by atoms with Gasteiger partial charge in [-0.2, -0.15) is 0 Å². The topological polar surface area (TPSA) is 59.9 Å². The highest BCUT2D eigenvalue weighted by Crippen LogP contribution is 2.39. The van der Waals surface area contributed by atoms with Crippen molar-refractivity contribution in [3.63, 3.8) is 0 Å².